The summed E-state index contributed by atoms with van der Waals surface area (Å²) in [5, 5.41) is 0. The molecule has 113 valence electrons. The summed E-state index contributed by atoms with van der Waals surface area (Å²) in [6, 6.07) is 21.6. The van der Waals surface area contributed by atoms with Gasteiger partial charge in [0.1, 0.15) is 0 Å². The maximum Gasteiger partial charge on any atom is 0.213 e. The summed E-state index contributed by atoms with van der Waals surface area (Å²) in [6.07, 6.45) is 2.00. The topological polar surface area (TPSA) is 23.6 Å². The highest BCUT2D eigenvalue weighted by molar-refractivity contribution is 5.53. The molecule has 3 rings (SSSR count). The van der Waals surface area contributed by atoms with Gasteiger partial charge in [-0.1, -0.05) is 60.7 Å². The first-order valence-corrected chi connectivity index (χ1v) is 7.80. The van der Waals surface area contributed by atoms with Crippen molar-refractivity contribution in [2.75, 3.05) is 32.7 Å². The van der Waals surface area contributed by atoms with Crippen LogP contribution in [0, 0.1) is 0 Å². The Kier molecular flexibility index (Phi) is 4.99. The van der Waals surface area contributed by atoms with E-state index in [9.17, 15) is 4.79 Å². The molecule has 1 radical (unpaired) electrons. The lowest BCUT2D eigenvalue weighted by Gasteiger charge is -2.39. The van der Waals surface area contributed by atoms with Crippen molar-refractivity contribution in [3.05, 3.63) is 71.8 Å². The van der Waals surface area contributed by atoms with Gasteiger partial charge >= 0.3 is 0 Å². The third-order valence-corrected chi connectivity index (χ3v) is 4.29. The Morgan fingerprint density at radius 2 is 1.32 bits per heavy atom. The van der Waals surface area contributed by atoms with Crippen molar-refractivity contribution in [2.45, 2.75) is 6.04 Å². The first-order chi connectivity index (χ1) is 10.9. The van der Waals surface area contributed by atoms with Crippen molar-refractivity contribution in [1.29, 1.82) is 0 Å². The molecule has 2 aromatic carbocycles. The molecule has 1 saturated heterocycles. The van der Waals surface area contributed by atoms with E-state index in [0.29, 0.717) is 6.54 Å². The number of benzene rings is 2. The number of nitrogens with zero attached hydrogens (tertiary/aromatic N) is 2. The van der Waals surface area contributed by atoms with Crippen LogP contribution in [0.4, 0.5) is 0 Å². The average molecular weight is 293 g/mol. The zero-order valence-corrected chi connectivity index (χ0v) is 12.7. The van der Waals surface area contributed by atoms with Crippen LogP contribution >= 0.6 is 0 Å². The van der Waals surface area contributed by atoms with Crippen LogP contribution in [0.5, 0.6) is 0 Å². The Labute approximate surface area is 132 Å². The van der Waals surface area contributed by atoms with Crippen LogP contribution in [0.2, 0.25) is 0 Å². The van der Waals surface area contributed by atoms with Gasteiger partial charge in [-0.2, -0.15) is 0 Å². The maximum absolute atomic E-state index is 10.6. The lowest BCUT2D eigenvalue weighted by Crippen LogP contribution is -2.48. The van der Waals surface area contributed by atoms with Crippen molar-refractivity contribution in [1.82, 2.24) is 9.80 Å². The van der Waals surface area contributed by atoms with Gasteiger partial charge in [-0.3, -0.25) is 14.6 Å². The van der Waals surface area contributed by atoms with E-state index in [0.717, 1.165) is 26.2 Å². The van der Waals surface area contributed by atoms with Crippen molar-refractivity contribution < 1.29 is 4.79 Å². The molecule has 1 fully saturated rings. The second kappa shape index (κ2) is 7.34. The lowest BCUT2D eigenvalue weighted by molar-refractivity contribution is 0.120. The lowest BCUT2D eigenvalue weighted by atomic mass is 9.96. The molecule has 3 heteroatoms. The van der Waals surface area contributed by atoms with Gasteiger partial charge in [0, 0.05) is 26.2 Å². The van der Waals surface area contributed by atoms with Crippen LogP contribution in [0.25, 0.3) is 0 Å². The summed E-state index contributed by atoms with van der Waals surface area (Å²) < 4.78 is 0. The Balaban J connectivity index is 1.83. The van der Waals surface area contributed by atoms with E-state index in [1.807, 2.05) is 6.29 Å². The molecule has 22 heavy (non-hydrogen) atoms. The van der Waals surface area contributed by atoms with Crippen molar-refractivity contribution >= 4 is 6.29 Å². The highest BCUT2D eigenvalue weighted by Crippen LogP contribution is 2.29. The minimum atomic E-state index is 0.282. The Morgan fingerprint density at radius 3 is 1.77 bits per heavy atom. The predicted molar refractivity (Wildman–Crippen MR) is 88.4 cm³/mol. The molecular formula is C19H21N2O. The van der Waals surface area contributed by atoms with Crippen molar-refractivity contribution in [2.24, 2.45) is 0 Å². The van der Waals surface area contributed by atoms with E-state index in [4.69, 9.17) is 0 Å². The Bertz CT molecular complexity index is 537. The van der Waals surface area contributed by atoms with Crippen LogP contribution < -0.4 is 0 Å². The molecule has 2 aromatic rings. The average Bonchev–Trinajstić information content (AvgIpc) is 2.59. The van der Waals surface area contributed by atoms with Gasteiger partial charge in [0.05, 0.1) is 12.6 Å². The second-order valence-corrected chi connectivity index (χ2v) is 5.68. The molecule has 0 aromatic heterocycles. The zero-order valence-electron chi connectivity index (χ0n) is 12.7. The summed E-state index contributed by atoms with van der Waals surface area (Å²) in [6.45, 7) is 4.21. The van der Waals surface area contributed by atoms with Gasteiger partial charge in [0.25, 0.3) is 0 Å². The van der Waals surface area contributed by atoms with Crippen LogP contribution in [0.15, 0.2) is 60.7 Å². The summed E-state index contributed by atoms with van der Waals surface area (Å²) in [7, 11) is 0. The normalized spacial score (nSPS) is 16.8. The monoisotopic (exact) mass is 293 g/mol. The highest BCUT2D eigenvalue weighted by Gasteiger charge is 2.25. The fourth-order valence-corrected chi connectivity index (χ4v) is 3.16. The fraction of sp³-hybridized carbons (Fsp3) is 0.316. The summed E-state index contributed by atoms with van der Waals surface area (Å²) >= 11 is 0. The number of carbonyl (C=O) groups excluding carboxylic acids is 1. The van der Waals surface area contributed by atoms with Gasteiger partial charge in [0.15, 0.2) is 0 Å². The van der Waals surface area contributed by atoms with E-state index in [1.54, 1.807) is 0 Å². The number of hydrogen-bond donors (Lipinski definition) is 0. The number of rotatable bonds is 5. The fourth-order valence-electron chi connectivity index (χ4n) is 3.16. The van der Waals surface area contributed by atoms with Gasteiger partial charge in [-0.25, -0.2) is 0 Å². The number of hydrogen-bond acceptors (Lipinski definition) is 3. The smallest absolute Gasteiger partial charge is 0.213 e. The van der Waals surface area contributed by atoms with Gasteiger partial charge in [-0.05, 0) is 11.1 Å². The standard InChI is InChI=1S/C19H21N2O/c22-16-15-20-11-13-21(14-12-20)19(17-7-3-1-4-8-17)18-9-5-2-6-10-18/h1-10,19H,11-15H2. The largest absolute Gasteiger partial charge is 0.293 e. The molecule has 1 heterocycles. The number of piperazine rings is 1. The van der Waals surface area contributed by atoms with Gasteiger partial charge in [0.2, 0.25) is 6.29 Å². The van der Waals surface area contributed by atoms with Gasteiger partial charge in [-0.15, -0.1) is 0 Å². The zero-order chi connectivity index (χ0) is 15.2. The van der Waals surface area contributed by atoms with Crippen LogP contribution in [-0.2, 0) is 4.79 Å². The minimum absolute atomic E-state index is 0.282. The third kappa shape index (κ3) is 3.43. The first-order valence-electron chi connectivity index (χ1n) is 7.80. The second-order valence-electron chi connectivity index (χ2n) is 5.68. The molecule has 0 aliphatic carbocycles. The highest BCUT2D eigenvalue weighted by atomic mass is 16.1. The first kappa shape index (κ1) is 14.9. The van der Waals surface area contributed by atoms with E-state index >= 15 is 0 Å². The molecule has 0 amide bonds. The Hall–Kier alpha value is -1.97. The quantitative estimate of drug-likeness (QED) is 0.846. The summed E-state index contributed by atoms with van der Waals surface area (Å²) in [5.74, 6) is 0. The minimum Gasteiger partial charge on any atom is -0.293 e. The maximum atomic E-state index is 10.6. The molecular weight excluding hydrogens is 272 g/mol. The molecule has 1 aliphatic rings. The van der Waals surface area contributed by atoms with Gasteiger partial charge < -0.3 is 0 Å². The summed E-state index contributed by atoms with van der Waals surface area (Å²) in [4.78, 5) is 15.2. The van der Waals surface area contributed by atoms with Crippen molar-refractivity contribution in [3.8, 4) is 0 Å². The van der Waals surface area contributed by atoms with E-state index in [2.05, 4.69) is 70.5 Å². The Morgan fingerprint density at radius 1 is 0.818 bits per heavy atom. The molecule has 0 saturated carbocycles. The van der Waals surface area contributed by atoms with Crippen LogP contribution in [0.3, 0.4) is 0 Å². The van der Waals surface area contributed by atoms with Crippen molar-refractivity contribution in [3.63, 3.8) is 0 Å². The molecule has 0 atom stereocenters. The molecule has 0 N–H and O–H groups in total. The molecule has 0 spiro atoms. The van der Waals surface area contributed by atoms with E-state index < -0.39 is 0 Å². The molecule has 1 aliphatic heterocycles. The third-order valence-electron chi connectivity index (χ3n) is 4.29. The van der Waals surface area contributed by atoms with E-state index in [-0.39, 0.29) is 6.04 Å². The SMILES string of the molecule is O=[C]CN1CCN(C(c2ccccc2)c2ccccc2)CC1. The molecule has 3 nitrogen and oxygen atoms in total. The molecule has 0 unspecified atom stereocenters. The predicted octanol–water partition coefficient (Wildman–Crippen LogP) is 2.50. The summed E-state index contributed by atoms with van der Waals surface area (Å²) in [5.41, 5.74) is 2.65. The molecule has 0 bridgehead atoms. The van der Waals surface area contributed by atoms with Crippen LogP contribution in [0.1, 0.15) is 17.2 Å². The van der Waals surface area contributed by atoms with E-state index in [1.165, 1.54) is 11.1 Å². The van der Waals surface area contributed by atoms with Crippen LogP contribution in [-0.4, -0.2) is 48.8 Å².